The summed E-state index contributed by atoms with van der Waals surface area (Å²) in [6.45, 7) is 2.06. The van der Waals surface area contributed by atoms with Gasteiger partial charge in [-0.2, -0.15) is 0 Å². The summed E-state index contributed by atoms with van der Waals surface area (Å²) in [7, 11) is 0. The Morgan fingerprint density at radius 1 is 1.05 bits per heavy atom. The van der Waals surface area contributed by atoms with Crippen molar-refractivity contribution < 1.29 is 0 Å². The molecule has 2 heterocycles. The molecule has 0 bridgehead atoms. The number of nitrogens with one attached hydrogen (secondary N) is 1. The Balaban J connectivity index is 1.97. The van der Waals surface area contributed by atoms with E-state index >= 15 is 0 Å². The average Bonchev–Trinajstić information content (AvgIpc) is 2.89. The number of fused-ring (bicyclic) bond motifs is 1. The lowest BCUT2D eigenvalue weighted by molar-refractivity contribution is 0.885. The van der Waals surface area contributed by atoms with Gasteiger partial charge in [-0.3, -0.25) is 0 Å². The third kappa shape index (κ3) is 2.59. The highest BCUT2D eigenvalue weighted by molar-refractivity contribution is 7.16. The van der Waals surface area contributed by atoms with Crippen LogP contribution in [0.2, 0.25) is 9.49 Å². The van der Waals surface area contributed by atoms with Crippen LogP contribution in [0.1, 0.15) is 17.8 Å². The minimum Gasteiger partial charge on any atom is -0.361 e. The van der Waals surface area contributed by atoms with Crippen molar-refractivity contribution >= 4 is 51.1 Å². The van der Waals surface area contributed by atoms with Gasteiger partial charge in [0.1, 0.15) is 0 Å². The molecular weight excluding hydrogens is 313 g/mol. The highest BCUT2D eigenvalue weighted by atomic mass is 35.5. The molecule has 0 saturated carbocycles. The summed E-state index contributed by atoms with van der Waals surface area (Å²) < 4.78 is 0.778. The van der Waals surface area contributed by atoms with Gasteiger partial charge in [-0.15, -0.1) is 21.5 Å². The lowest BCUT2D eigenvalue weighted by Crippen LogP contribution is -2.07. The zero-order chi connectivity index (χ0) is 14.1. The standard InChI is InChI=1S/C14H11Cl2N3S/c1-8(11-6-7-12(15)20-11)17-14-10-5-3-2-4-9(10)13(16)18-19-14/h2-8H,1H3,(H,17,19). The second-order valence-corrected chi connectivity index (χ2v) is 6.50. The molecule has 0 aliphatic heterocycles. The van der Waals surface area contributed by atoms with E-state index in [1.165, 1.54) is 0 Å². The van der Waals surface area contributed by atoms with Gasteiger partial charge in [0.05, 0.1) is 10.4 Å². The van der Waals surface area contributed by atoms with E-state index in [4.69, 9.17) is 23.2 Å². The lowest BCUT2D eigenvalue weighted by atomic mass is 10.2. The van der Waals surface area contributed by atoms with Crippen LogP contribution < -0.4 is 5.32 Å². The molecule has 3 aromatic rings. The van der Waals surface area contributed by atoms with Crippen molar-refractivity contribution in [3.8, 4) is 0 Å². The topological polar surface area (TPSA) is 37.8 Å². The molecule has 1 atom stereocenters. The first-order chi connectivity index (χ1) is 9.65. The quantitative estimate of drug-likeness (QED) is 0.722. The fourth-order valence-electron chi connectivity index (χ4n) is 2.01. The second-order valence-electron chi connectivity index (χ2n) is 4.39. The summed E-state index contributed by atoms with van der Waals surface area (Å²) in [4.78, 5) is 1.15. The van der Waals surface area contributed by atoms with Crippen LogP contribution in [0, 0.1) is 0 Å². The number of rotatable bonds is 3. The van der Waals surface area contributed by atoms with Crippen LogP contribution in [0.15, 0.2) is 36.4 Å². The number of hydrogen-bond donors (Lipinski definition) is 1. The van der Waals surface area contributed by atoms with Crippen LogP contribution in [0.5, 0.6) is 0 Å². The maximum atomic E-state index is 6.07. The van der Waals surface area contributed by atoms with Crippen molar-refractivity contribution in [2.75, 3.05) is 5.32 Å². The zero-order valence-electron chi connectivity index (χ0n) is 10.6. The Labute approximate surface area is 130 Å². The van der Waals surface area contributed by atoms with Gasteiger partial charge in [0.25, 0.3) is 0 Å². The fraction of sp³-hybridized carbons (Fsp3) is 0.143. The summed E-state index contributed by atoms with van der Waals surface area (Å²) in [6, 6.07) is 11.8. The monoisotopic (exact) mass is 323 g/mol. The summed E-state index contributed by atoms with van der Waals surface area (Å²) >= 11 is 13.6. The number of aromatic nitrogens is 2. The Bertz CT molecular complexity index is 757. The Hall–Kier alpha value is -1.36. The van der Waals surface area contributed by atoms with Gasteiger partial charge in [-0.25, -0.2) is 0 Å². The summed E-state index contributed by atoms with van der Waals surface area (Å²) in [5.41, 5.74) is 0. The van der Waals surface area contributed by atoms with E-state index < -0.39 is 0 Å². The smallest absolute Gasteiger partial charge is 0.159 e. The molecular formula is C14H11Cl2N3S. The molecule has 1 unspecified atom stereocenters. The molecule has 20 heavy (non-hydrogen) atoms. The van der Waals surface area contributed by atoms with Gasteiger partial charge in [-0.1, -0.05) is 47.5 Å². The SMILES string of the molecule is CC(Nc1nnc(Cl)c2ccccc12)c1ccc(Cl)s1. The van der Waals surface area contributed by atoms with E-state index in [9.17, 15) is 0 Å². The Morgan fingerprint density at radius 3 is 2.50 bits per heavy atom. The summed E-state index contributed by atoms with van der Waals surface area (Å²) in [6.07, 6.45) is 0. The number of halogens is 2. The van der Waals surface area contributed by atoms with E-state index in [0.29, 0.717) is 5.15 Å². The van der Waals surface area contributed by atoms with E-state index in [1.807, 2.05) is 36.4 Å². The molecule has 1 aromatic carbocycles. The predicted octanol–water partition coefficient (Wildman–Crippen LogP) is 5.17. The van der Waals surface area contributed by atoms with Crippen LogP contribution in [-0.4, -0.2) is 10.2 Å². The molecule has 0 aliphatic rings. The molecule has 1 N–H and O–H groups in total. The summed E-state index contributed by atoms with van der Waals surface area (Å²) in [5.74, 6) is 0.724. The minimum absolute atomic E-state index is 0.103. The number of thiophene rings is 1. The summed E-state index contributed by atoms with van der Waals surface area (Å²) in [5, 5.41) is 13.8. The van der Waals surface area contributed by atoms with Crippen molar-refractivity contribution in [1.82, 2.24) is 10.2 Å². The van der Waals surface area contributed by atoms with Crippen LogP contribution >= 0.6 is 34.5 Å². The first-order valence-corrected chi connectivity index (χ1v) is 7.65. The maximum absolute atomic E-state index is 6.07. The molecule has 0 spiro atoms. The second kappa shape index (κ2) is 5.56. The molecule has 0 saturated heterocycles. The van der Waals surface area contributed by atoms with E-state index in [-0.39, 0.29) is 6.04 Å². The molecule has 3 nitrogen and oxygen atoms in total. The fourth-order valence-corrected chi connectivity index (χ4v) is 3.28. The minimum atomic E-state index is 0.103. The van der Waals surface area contributed by atoms with Crippen LogP contribution in [-0.2, 0) is 0 Å². The third-order valence-corrected chi connectivity index (χ3v) is 4.71. The van der Waals surface area contributed by atoms with E-state index in [2.05, 4.69) is 22.4 Å². The van der Waals surface area contributed by atoms with E-state index in [1.54, 1.807) is 11.3 Å². The van der Waals surface area contributed by atoms with Gasteiger partial charge in [-0.05, 0) is 19.1 Å². The number of benzene rings is 1. The predicted molar refractivity (Wildman–Crippen MR) is 85.9 cm³/mol. The largest absolute Gasteiger partial charge is 0.361 e. The average molecular weight is 324 g/mol. The van der Waals surface area contributed by atoms with Crippen molar-refractivity contribution in [3.05, 3.63) is 50.8 Å². The normalized spacial score (nSPS) is 12.6. The van der Waals surface area contributed by atoms with Crippen LogP contribution in [0.4, 0.5) is 5.82 Å². The molecule has 0 aliphatic carbocycles. The maximum Gasteiger partial charge on any atom is 0.159 e. The first kappa shape index (κ1) is 13.6. The Morgan fingerprint density at radius 2 is 1.80 bits per heavy atom. The van der Waals surface area contributed by atoms with Crippen molar-refractivity contribution in [3.63, 3.8) is 0 Å². The van der Waals surface area contributed by atoms with Crippen molar-refractivity contribution in [1.29, 1.82) is 0 Å². The molecule has 6 heteroatoms. The number of anilines is 1. The number of hydrogen-bond acceptors (Lipinski definition) is 4. The highest BCUT2D eigenvalue weighted by Gasteiger charge is 2.12. The van der Waals surface area contributed by atoms with Crippen LogP contribution in [0.25, 0.3) is 10.8 Å². The molecule has 0 fully saturated rings. The molecule has 102 valence electrons. The van der Waals surface area contributed by atoms with Gasteiger partial charge >= 0.3 is 0 Å². The lowest BCUT2D eigenvalue weighted by Gasteiger charge is -2.14. The molecule has 0 radical (unpaired) electrons. The van der Waals surface area contributed by atoms with Crippen molar-refractivity contribution in [2.45, 2.75) is 13.0 Å². The van der Waals surface area contributed by atoms with E-state index in [0.717, 1.165) is 25.8 Å². The molecule has 3 rings (SSSR count). The Kier molecular flexibility index (Phi) is 3.78. The van der Waals surface area contributed by atoms with Crippen LogP contribution in [0.3, 0.4) is 0 Å². The highest BCUT2D eigenvalue weighted by Crippen LogP contribution is 2.31. The van der Waals surface area contributed by atoms with Gasteiger partial charge in [0.15, 0.2) is 11.0 Å². The zero-order valence-corrected chi connectivity index (χ0v) is 12.9. The molecule has 0 amide bonds. The van der Waals surface area contributed by atoms with Gasteiger partial charge in [0.2, 0.25) is 0 Å². The van der Waals surface area contributed by atoms with Crippen molar-refractivity contribution in [2.24, 2.45) is 0 Å². The first-order valence-electron chi connectivity index (χ1n) is 6.08. The van der Waals surface area contributed by atoms with Gasteiger partial charge < -0.3 is 5.32 Å². The molecule has 2 aromatic heterocycles. The number of nitrogens with zero attached hydrogens (tertiary/aromatic N) is 2. The third-order valence-electron chi connectivity index (χ3n) is 3.02. The van der Waals surface area contributed by atoms with Gasteiger partial charge in [0, 0.05) is 15.6 Å².